The molecule has 0 aliphatic carbocycles. The molecule has 0 aromatic heterocycles. The molecule has 7 heteroatoms. The summed E-state index contributed by atoms with van der Waals surface area (Å²) in [6.45, 7) is 3.32. The van der Waals surface area contributed by atoms with E-state index in [1.165, 1.54) is 24.3 Å². The van der Waals surface area contributed by atoms with Gasteiger partial charge >= 0.3 is 5.97 Å². The van der Waals surface area contributed by atoms with E-state index in [1.807, 2.05) is 0 Å². The maximum atomic E-state index is 12.3. The van der Waals surface area contributed by atoms with Gasteiger partial charge in [-0.25, -0.2) is 0 Å². The van der Waals surface area contributed by atoms with Crippen LogP contribution in [0.25, 0.3) is 0 Å². The number of hydrogen-bond acceptors (Lipinski definition) is 5. The summed E-state index contributed by atoms with van der Waals surface area (Å²) in [5, 5.41) is 16.9. The number of benzene rings is 1. The summed E-state index contributed by atoms with van der Waals surface area (Å²) in [6, 6.07) is 5.97. The summed E-state index contributed by atoms with van der Waals surface area (Å²) in [5.41, 5.74) is -0.339. The number of carboxylic acids is 1. The largest absolute Gasteiger partial charge is 0.481 e. The van der Waals surface area contributed by atoms with Crippen molar-refractivity contribution in [3.8, 4) is 0 Å². The Labute approximate surface area is 131 Å². The molecule has 0 amide bonds. The molecular weight excluding hydrogens is 308 g/mol. The zero-order valence-electron chi connectivity index (χ0n) is 11.9. The highest BCUT2D eigenvalue weighted by Gasteiger charge is 2.39. The Bertz CT molecular complexity index is 705. The van der Waals surface area contributed by atoms with Gasteiger partial charge in [0.1, 0.15) is 11.6 Å². The van der Waals surface area contributed by atoms with Gasteiger partial charge in [0, 0.05) is 10.6 Å². The lowest BCUT2D eigenvalue weighted by atomic mass is 9.87. The molecule has 1 N–H and O–H groups in total. The summed E-state index contributed by atoms with van der Waals surface area (Å²) < 4.78 is 0. The molecule has 22 heavy (non-hydrogen) atoms. The van der Waals surface area contributed by atoms with E-state index in [4.69, 9.17) is 11.6 Å². The Hall–Kier alpha value is -2.34. The van der Waals surface area contributed by atoms with Crippen LogP contribution in [0.4, 0.5) is 0 Å². The van der Waals surface area contributed by atoms with Crippen molar-refractivity contribution in [3.05, 3.63) is 34.9 Å². The lowest BCUT2D eigenvalue weighted by Gasteiger charge is -2.14. The molecule has 6 nitrogen and oxygen atoms in total. The smallest absolute Gasteiger partial charge is 0.313 e. The van der Waals surface area contributed by atoms with Crippen LogP contribution in [0.5, 0.6) is 0 Å². The second-order valence-electron chi connectivity index (χ2n) is 5.16. The molecule has 1 heterocycles. The van der Waals surface area contributed by atoms with Gasteiger partial charge in [-0.2, -0.15) is 0 Å². The number of nitrogens with zero attached hydrogens (tertiary/aromatic N) is 2. The van der Waals surface area contributed by atoms with Gasteiger partial charge in [0.15, 0.2) is 5.71 Å². The average molecular weight is 321 g/mol. The van der Waals surface area contributed by atoms with Crippen LogP contribution in [-0.2, 0) is 9.59 Å². The molecule has 1 aliphatic heterocycles. The van der Waals surface area contributed by atoms with E-state index in [0.717, 1.165) is 0 Å². The molecule has 1 atom stereocenters. The van der Waals surface area contributed by atoms with Crippen LogP contribution in [0.3, 0.4) is 0 Å². The van der Waals surface area contributed by atoms with Crippen LogP contribution in [0.2, 0.25) is 5.02 Å². The van der Waals surface area contributed by atoms with E-state index in [1.54, 1.807) is 13.8 Å². The molecule has 0 radical (unpaired) electrons. The normalized spacial score (nSPS) is 15.5. The standard InChI is InChI=1S/C15H13ClN2O4/c1-7(2)10(15(21)22)11-14(20)12(18-17-11)13(19)8-3-5-9(16)6-4-8/h3-7,10H,1-2H3,(H,21,22). The van der Waals surface area contributed by atoms with Crippen LogP contribution < -0.4 is 0 Å². The van der Waals surface area contributed by atoms with Gasteiger partial charge in [0.2, 0.25) is 11.6 Å². The summed E-state index contributed by atoms with van der Waals surface area (Å²) in [4.78, 5) is 35.8. The Morgan fingerprint density at radius 3 is 2.23 bits per heavy atom. The Balaban J connectivity index is 2.24. The van der Waals surface area contributed by atoms with Crippen molar-refractivity contribution in [2.75, 3.05) is 0 Å². The zero-order chi connectivity index (χ0) is 16.4. The molecule has 0 fully saturated rings. The number of aliphatic carboxylic acids is 1. The zero-order valence-corrected chi connectivity index (χ0v) is 12.7. The monoisotopic (exact) mass is 320 g/mol. The number of Topliss-reactive ketones (excluding diaryl/α,β-unsaturated/α-hetero) is 2. The number of halogens is 1. The second kappa shape index (κ2) is 6.19. The molecule has 0 bridgehead atoms. The number of carbonyl (C=O) groups excluding carboxylic acids is 2. The number of hydrogen-bond donors (Lipinski definition) is 1. The summed E-state index contributed by atoms with van der Waals surface area (Å²) in [7, 11) is 0. The maximum absolute atomic E-state index is 12.3. The summed E-state index contributed by atoms with van der Waals surface area (Å²) in [5.74, 6) is -3.95. The highest BCUT2D eigenvalue weighted by atomic mass is 35.5. The van der Waals surface area contributed by atoms with Crippen molar-refractivity contribution >= 4 is 40.6 Å². The molecule has 1 aromatic rings. The van der Waals surface area contributed by atoms with Crippen LogP contribution in [-0.4, -0.2) is 34.1 Å². The Morgan fingerprint density at radius 1 is 1.14 bits per heavy atom. The van der Waals surface area contributed by atoms with Crippen LogP contribution >= 0.6 is 11.6 Å². The fourth-order valence-corrected chi connectivity index (χ4v) is 2.25. The van der Waals surface area contributed by atoms with Gasteiger partial charge < -0.3 is 5.11 Å². The predicted molar refractivity (Wildman–Crippen MR) is 81.6 cm³/mol. The van der Waals surface area contributed by atoms with Crippen molar-refractivity contribution in [1.82, 2.24) is 0 Å². The van der Waals surface area contributed by atoms with Crippen LogP contribution in [0.15, 0.2) is 34.5 Å². The second-order valence-corrected chi connectivity index (χ2v) is 5.60. The third-order valence-corrected chi connectivity index (χ3v) is 3.51. The molecular formula is C15H13ClN2O4. The Morgan fingerprint density at radius 2 is 1.73 bits per heavy atom. The van der Waals surface area contributed by atoms with Gasteiger partial charge in [-0.1, -0.05) is 25.4 Å². The average Bonchev–Trinajstić information content (AvgIpc) is 2.80. The Kier molecular flexibility index (Phi) is 4.51. The van der Waals surface area contributed by atoms with E-state index in [0.29, 0.717) is 5.02 Å². The minimum absolute atomic E-state index is 0.209. The van der Waals surface area contributed by atoms with Gasteiger partial charge in [0.05, 0.1) is 0 Å². The van der Waals surface area contributed by atoms with Crippen molar-refractivity contribution in [2.24, 2.45) is 22.0 Å². The number of carbonyl (C=O) groups is 3. The first-order valence-corrected chi connectivity index (χ1v) is 6.94. The maximum Gasteiger partial charge on any atom is 0.313 e. The van der Waals surface area contributed by atoms with E-state index < -0.39 is 23.5 Å². The van der Waals surface area contributed by atoms with Crippen molar-refractivity contribution in [3.63, 3.8) is 0 Å². The minimum Gasteiger partial charge on any atom is -0.481 e. The molecule has 0 saturated heterocycles. The van der Waals surface area contributed by atoms with E-state index >= 15 is 0 Å². The van der Waals surface area contributed by atoms with Gasteiger partial charge in [-0.3, -0.25) is 14.4 Å². The van der Waals surface area contributed by atoms with E-state index in [2.05, 4.69) is 10.2 Å². The van der Waals surface area contributed by atoms with Crippen molar-refractivity contribution < 1.29 is 19.5 Å². The highest BCUT2D eigenvalue weighted by Crippen LogP contribution is 2.19. The first-order chi connectivity index (χ1) is 10.3. The van der Waals surface area contributed by atoms with Gasteiger partial charge in [-0.15, -0.1) is 10.2 Å². The third kappa shape index (κ3) is 2.96. The molecule has 1 aromatic carbocycles. The highest BCUT2D eigenvalue weighted by molar-refractivity contribution is 6.84. The molecule has 0 spiro atoms. The molecule has 0 saturated carbocycles. The molecule has 114 valence electrons. The van der Waals surface area contributed by atoms with Crippen molar-refractivity contribution in [1.29, 1.82) is 0 Å². The van der Waals surface area contributed by atoms with E-state index in [-0.39, 0.29) is 22.9 Å². The number of ketones is 2. The van der Waals surface area contributed by atoms with Crippen LogP contribution in [0.1, 0.15) is 24.2 Å². The summed E-state index contributed by atoms with van der Waals surface area (Å²) >= 11 is 5.74. The molecule has 2 rings (SSSR count). The third-order valence-electron chi connectivity index (χ3n) is 3.25. The fraction of sp³-hybridized carbons (Fsp3) is 0.267. The lowest BCUT2D eigenvalue weighted by Crippen LogP contribution is -2.37. The van der Waals surface area contributed by atoms with Gasteiger partial charge in [-0.05, 0) is 30.2 Å². The number of carboxylic acid groups (broad SMARTS) is 1. The first-order valence-electron chi connectivity index (χ1n) is 6.56. The quantitative estimate of drug-likeness (QED) is 0.841. The number of rotatable bonds is 5. The lowest BCUT2D eigenvalue weighted by molar-refractivity contribution is -0.140. The topological polar surface area (TPSA) is 96.2 Å². The van der Waals surface area contributed by atoms with Crippen LogP contribution in [0, 0.1) is 11.8 Å². The first kappa shape index (κ1) is 16.0. The SMILES string of the molecule is CC(C)C(C(=O)O)C1=NN=C(C(=O)c2ccc(Cl)cc2)C1=O. The minimum atomic E-state index is -1.17. The van der Waals surface area contributed by atoms with E-state index in [9.17, 15) is 19.5 Å². The van der Waals surface area contributed by atoms with Gasteiger partial charge in [0.25, 0.3) is 0 Å². The van der Waals surface area contributed by atoms with Crippen molar-refractivity contribution in [2.45, 2.75) is 13.8 Å². The molecule has 1 unspecified atom stereocenters. The molecule has 1 aliphatic rings. The summed E-state index contributed by atoms with van der Waals surface area (Å²) in [6.07, 6.45) is 0. The predicted octanol–water partition coefficient (Wildman–Crippen LogP) is 2.26. The fourth-order valence-electron chi connectivity index (χ4n) is 2.12.